The molecule has 1 fully saturated rings. The number of carbonyl (C=O) groups excluding carboxylic acids is 1. The summed E-state index contributed by atoms with van der Waals surface area (Å²) in [5.74, 6) is 0. The van der Waals surface area contributed by atoms with Gasteiger partial charge in [-0.3, -0.25) is 0 Å². The van der Waals surface area contributed by atoms with Crippen LogP contribution in [-0.4, -0.2) is 6.29 Å². The van der Waals surface area contributed by atoms with Crippen LogP contribution in [0, 0.1) is 0 Å². The zero-order valence-electron chi connectivity index (χ0n) is 5.54. The number of aldehydes is 1. The van der Waals surface area contributed by atoms with Gasteiger partial charge in [0.05, 0.1) is 5.41 Å². The minimum Gasteiger partial charge on any atom is -0.302 e. The fourth-order valence-electron chi connectivity index (χ4n) is 1.12. The highest BCUT2D eigenvalue weighted by Gasteiger charge is 2.44. The number of hydrogen-bond acceptors (Lipinski definition) is 2. The average Bonchev–Trinajstić information content (AvgIpc) is 2.58. The van der Waals surface area contributed by atoms with Crippen molar-refractivity contribution in [2.45, 2.75) is 18.3 Å². The second kappa shape index (κ2) is 1.92. The van der Waals surface area contributed by atoms with Crippen molar-refractivity contribution in [1.29, 1.82) is 0 Å². The van der Waals surface area contributed by atoms with Crippen LogP contribution in [0.15, 0.2) is 17.5 Å². The molecule has 1 aromatic rings. The van der Waals surface area contributed by atoms with Crippen LogP contribution in [-0.2, 0) is 10.2 Å². The summed E-state index contributed by atoms with van der Waals surface area (Å²) in [5, 5.41) is 2.03. The van der Waals surface area contributed by atoms with E-state index in [1.807, 2.05) is 17.5 Å². The molecule has 1 saturated carbocycles. The summed E-state index contributed by atoms with van der Waals surface area (Å²) in [5.41, 5.74) is -0.0475. The van der Waals surface area contributed by atoms with Gasteiger partial charge < -0.3 is 4.79 Å². The molecule has 10 heavy (non-hydrogen) atoms. The first-order valence-electron chi connectivity index (χ1n) is 3.38. The first kappa shape index (κ1) is 6.10. The van der Waals surface area contributed by atoms with Crippen LogP contribution in [0.2, 0.25) is 0 Å². The van der Waals surface area contributed by atoms with Crippen LogP contribution >= 0.6 is 11.3 Å². The van der Waals surface area contributed by atoms with Gasteiger partial charge in [-0.05, 0) is 24.3 Å². The summed E-state index contributed by atoms with van der Waals surface area (Å²) in [6.45, 7) is 0. The van der Waals surface area contributed by atoms with Crippen molar-refractivity contribution in [3.8, 4) is 0 Å². The monoisotopic (exact) mass is 152 g/mol. The lowest BCUT2D eigenvalue weighted by Gasteiger charge is -1.99. The van der Waals surface area contributed by atoms with E-state index in [9.17, 15) is 4.79 Å². The van der Waals surface area contributed by atoms with Crippen molar-refractivity contribution < 1.29 is 4.79 Å². The van der Waals surface area contributed by atoms with Crippen LogP contribution in [0.5, 0.6) is 0 Å². The largest absolute Gasteiger partial charge is 0.302 e. The van der Waals surface area contributed by atoms with E-state index >= 15 is 0 Å². The van der Waals surface area contributed by atoms with E-state index in [0.29, 0.717) is 0 Å². The van der Waals surface area contributed by atoms with Gasteiger partial charge in [-0.2, -0.15) is 0 Å². The van der Waals surface area contributed by atoms with E-state index in [0.717, 1.165) is 19.1 Å². The maximum Gasteiger partial charge on any atom is 0.131 e. The predicted octanol–water partition coefficient (Wildman–Crippen LogP) is 1.98. The van der Waals surface area contributed by atoms with Crippen molar-refractivity contribution in [1.82, 2.24) is 0 Å². The third-order valence-electron chi connectivity index (χ3n) is 2.03. The SMILES string of the molecule is O=CC1(c2cccs2)CC1. The molecule has 2 rings (SSSR count). The van der Waals surface area contributed by atoms with Crippen LogP contribution in [0.3, 0.4) is 0 Å². The first-order chi connectivity index (χ1) is 4.87. The Morgan fingerprint density at radius 1 is 1.60 bits per heavy atom. The number of carbonyl (C=O) groups is 1. The molecule has 0 aliphatic heterocycles. The highest BCUT2D eigenvalue weighted by molar-refractivity contribution is 7.10. The molecular formula is C8H8OS. The molecule has 2 heteroatoms. The summed E-state index contributed by atoms with van der Waals surface area (Å²) < 4.78 is 0. The minimum atomic E-state index is -0.0475. The number of thiophene rings is 1. The van der Waals surface area contributed by atoms with E-state index in [-0.39, 0.29) is 5.41 Å². The summed E-state index contributed by atoms with van der Waals surface area (Å²) in [6.07, 6.45) is 3.20. The molecule has 52 valence electrons. The molecule has 0 N–H and O–H groups in total. The Labute approximate surface area is 63.7 Å². The molecule has 1 aliphatic carbocycles. The fraction of sp³-hybridized carbons (Fsp3) is 0.375. The van der Waals surface area contributed by atoms with Crippen LogP contribution in [0.4, 0.5) is 0 Å². The number of rotatable bonds is 2. The lowest BCUT2D eigenvalue weighted by atomic mass is 10.1. The van der Waals surface area contributed by atoms with Gasteiger partial charge in [-0.15, -0.1) is 11.3 Å². The summed E-state index contributed by atoms with van der Waals surface area (Å²) in [6, 6.07) is 4.05. The molecule has 0 unspecified atom stereocenters. The standard InChI is InChI=1S/C8H8OS/c9-6-8(3-4-8)7-2-1-5-10-7/h1-2,5-6H,3-4H2. The second-order valence-electron chi connectivity index (χ2n) is 2.75. The van der Waals surface area contributed by atoms with E-state index in [1.54, 1.807) is 11.3 Å². The van der Waals surface area contributed by atoms with Crippen LogP contribution in [0.1, 0.15) is 17.7 Å². The van der Waals surface area contributed by atoms with E-state index in [4.69, 9.17) is 0 Å². The Hall–Kier alpha value is -0.630. The van der Waals surface area contributed by atoms with E-state index in [1.165, 1.54) is 4.88 Å². The molecule has 0 radical (unpaired) electrons. The fourth-order valence-corrected chi connectivity index (χ4v) is 2.07. The number of hydrogen-bond donors (Lipinski definition) is 0. The molecule has 1 aliphatic rings. The van der Waals surface area contributed by atoms with Gasteiger partial charge >= 0.3 is 0 Å². The predicted molar refractivity (Wildman–Crippen MR) is 41.3 cm³/mol. The van der Waals surface area contributed by atoms with Crippen LogP contribution in [0.25, 0.3) is 0 Å². The Kier molecular flexibility index (Phi) is 1.17. The Morgan fingerprint density at radius 2 is 2.40 bits per heavy atom. The summed E-state index contributed by atoms with van der Waals surface area (Å²) in [4.78, 5) is 11.8. The van der Waals surface area contributed by atoms with Gasteiger partial charge in [0.2, 0.25) is 0 Å². The lowest BCUT2D eigenvalue weighted by Crippen LogP contribution is -2.04. The molecule has 0 bridgehead atoms. The molecule has 1 nitrogen and oxygen atoms in total. The van der Waals surface area contributed by atoms with Crippen molar-refractivity contribution >= 4 is 17.6 Å². The lowest BCUT2D eigenvalue weighted by molar-refractivity contribution is -0.109. The zero-order chi connectivity index (χ0) is 7.03. The molecule has 0 spiro atoms. The second-order valence-corrected chi connectivity index (χ2v) is 3.70. The molecule has 0 atom stereocenters. The Balaban J connectivity index is 2.35. The van der Waals surface area contributed by atoms with Crippen molar-refractivity contribution in [2.75, 3.05) is 0 Å². The van der Waals surface area contributed by atoms with Gasteiger partial charge in [-0.1, -0.05) is 6.07 Å². The zero-order valence-corrected chi connectivity index (χ0v) is 6.36. The van der Waals surface area contributed by atoms with Gasteiger partial charge in [0, 0.05) is 4.88 Å². The Morgan fingerprint density at radius 3 is 2.80 bits per heavy atom. The van der Waals surface area contributed by atoms with Gasteiger partial charge in [0.15, 0.2) is 0 Å². The van der Waals surface area contributed by atoms with Crippen LogP contribution < -0.4 is 0 Å². The molecular weight excluding hydrogens is 144 g/mol. The van der Waals surface area contributed by atoms with Crippen molar-refractivity contribution in [2.24, 2.45) is 0 Å². The van der Waals surface area contributed by atoms with E-state index in [2.05, 4.69) is 0 Å². The molecule has 0 saturated heterocycles. The summed E-state index contributed by atoms with van der Waals surface area (Å²) in [7, 11) is 0. The highest BCUT2D eigenvalue weighted by atomic mass is 32.1. The van der Waals surface area contributed by atoms with E-state index < -0.39 is 0 Å². The summed E-state index contributed by atoms with van der Waals surface area (Å²) >= 11 is 1.69. The molecule has 0 aromatic carbocycles. The molecule has 0 amide bonds. The quantitative estimate of drug-likeness (QED) is 0.592. The third kappa shape index (κ3) is 0.721. The first-order valence-corrected chi connectivity index (χ1v) is 4.26. The van der Waals surface area contributed by atoms with Gasteiger partial charge in [0.25, 0.3) is 0 Å². The maximum absolute atomic E-state index is 10.6. The average molecular weight is 152 g/mol. The highest BCUT2D eigenvalue weighted by Crippen LogP contribution is 2.47. The smallest absolute Gasteiger partial charge is 0.131 e. The topological polar surface area (TPSA) is 17.1 Å². The maximum atomic E-state index is 10.6. The van der Waals surface area contributed by atoms with Gasteiger partial charge in [-0.25, -0.2) is 0 Å². The minimum absolute atomic E-state index is 0.0475. The van der Waals surface area contributed by atoms with Crippen molar-refractivity contribution in [3.63, 3.8) is 0 Å². The van der Waals surface area contributed by atoms with Crippen molar-refractivity contribution in [3.05, 3.63) is 22.4 Å². The third-order valence-corrected chi connectivity index (χ3v) is 3.12. The van der Waals surface area contributed by atoms with Gasteiger partial charge in [0.1, 0.15) is 6.29 Å². The normalized spacial score (nSPS) is 20.4. The molecule has 1 heterocycles. The molecule has 1 aromatic heterocycles. The Bertz CT molecular complexity index is 234.